The number of nitro groups is 1. The lowest BCUT2D eigenvalue weighted by Crippen LogP contribution is -2.41. The first-order valence-corrected chi connectivity index (χ1v) is 7.80. The number of Topliss-reactive ketones (excluding diaryl/α,β-unsaturated/α-hetero) is 1. The van der Waals surface area contributed by atoms with Crippen molar-refractivity contribution >= 4 is 11.7 Å². The lowest BCUT2D eigenvalue weighted by molar-refractivity contribution is -0.497. The summed E-state index contributed by atoms with van der Waals surface area (Å²) in [6, 6.07) is 1.97. The zero-order chi connectivity index (χ0) is 17.4. The Morgan fingerprint density at radius 3 is 2.46 bits per heavy atom. The van der Waals surface area contributed by atoms with Gasteiger partial charge in [0, 0.05) is 30.4 Å². The minimum Gasteiger partial charge on any atom is -0.342 e. The van der Waals surface area contributed by atoms with Gasteiger partial charge in [0.1, 0.15) is 17.6 Å². The molecule has 2 atom stereocenters. The molecule has 8 heteroatoms. The van der Waals surface area contributed by atoms with Crippen LogP contribution in [0, 0.1) is 33.6 Å². The van der Waals surface area contributed by atoms with Crippen LogP contribution in [-0.2, 0) is 4.79 Å². The van der Waals surface area contributed by atoms with E-state index < -0.39 is 40.2 Å². The molecule has 1 amide bonds. The standard InChI is InChI=1S/C16H16F2N2O4/c17-10-1-2-13(18)11(7-10)15(21)9-3-5-19(6-4-9)16(22)12-8-14(12)20(23)24/h1-2,7,9,12,14H,3-6,8H2/t12-,14+/m1/s1. The zero-order valence-corrected chi connectivity index (χ0v) is 12.8. The van der Waals surface area contributed by atoms with Crippen molar-refractivity contribution in [2.24, 2.45) is 11.8 Å². The molecule has 24 heavy (non-hydrogen) atoms. The Bertz CT molecular complexity index is 701. The van der Waals surface area contributed by atoms with Gasteiger partial charge in [-0.2, -0.15) is 0 Å². The van der Waals surface area contributed by atoms with Crippen LogP contribution >= 0.6 is 0 Å². The van der Waals surface area contributed by atoms with E-state index in [1.807, 2.05) is 0 Å². The van der Waals surface area contributed by atoms with Gasteiger partial charge in [-0.05, 0) is 31.0 Å². The third kappa shape index (κ3) is 3.13. The maximum atomic E-state index is 13.7. The van der Waals surface area contributed by atoms with Crippen LogP contribution in [0.5, 0.6) is 0 Å². The van der Waals surface area contributed by atoms with Crippen molar-refractivity contribution in [1.29, 1.82) is 0 Å². The first-order chi connectivity index (χ1) is 11.4. The SMILES string of the molecule is O=C(c1cc(F)ccc1F)C1CCN(C(=O)[C@@H]2C[C@@H]2[N+](=O)[O-])CC1. The van der Waals surface area contributed by atoms with Gasteiger partial charge in [-0.15, -0.1) is 0 Å². The Balaban J connectivity index is 1.59. The molecule has 1 aromatic carbocycles. The highest BCUT2D eigenvalue weighted by Crippen LogP contribution is 2.36. The predicted octanol–water partition coefficient (Wildman–Crippen LogP) is 2.05. The van der Waals surface area contributed by atoms with E-state index in [0.29, 0.717) is 25.9 Å². The van der Waals surface area contributed by atoms with Gasteiger partial charge in [0.15, 0.2) is 5.78 Å². The van der Waals surface area contributed by atoms with Crippen LogP contribution in [0.3, 0.4) is 0 Å². The minimum absolute atomic E-state index is 0.250. The number of piperidine rings is 1. The van der Waals surface area contributed by atoms with Gasteiger partial charge in [0.05, 0.1) is 5.56 Å². The molecule has 0 spiro atoms. The fourth-order valence-corrected chi connectivity index (χ4v) is 3.18. The van der Waals surface area contributed by atoms with E-state index >= 15 is 0 Å². The topological polar surface area (TPSA) is 80.5 Å². The van der Waals surface area contributed by atoms with Crippen LogP contribution in [-0.4, -0.2) is 40.6 Å². The van der Waals surface area contributed by atoms with E-state index in [-0.39, 0.29) is 17.9 Å². The first-order valence-electron chi connectivity index (χ1n) is 7.80. The molecule has 128 valence electrons. The number of hydrogen-bond donors (Lipinski definition) is 0. The molecular weight excluding hydrogens is 322 g/mol. The lowest BCUT2D eigenvalue weighted by Gasteiger charge is -2.31. The minimum atomic E-state index is -0.793. The Labute approximate surface area is 136 Å². The second-order valence-corrected chi connectivity index (χ2v) is 6.28. The first kappa shape index (κ1) is 16.5. The average Bonchev–Trinajstić information content (AvgIpc) is 3.37. The Morgan fingerprint density at radius 1 is 1.21 bits per heavy atom. The zero-order valence-electron chi connectivity index (χ0n) is 12.8. The van der Waals surface area contributed by atoms with Crippen molar-refractivity contribution in [2.45, 2.75) is 25.3 Å². The maximum absolute atomic E-state index is 13.7. The highest BCUT2D eigenvalue weighted by Gasteiger charge is 2.54. The van der Waals surface area contributed by atoms with Crippen molar-refractivity contribution in [3.8, 4) is 0 Å². The molecule has 0 bridgehead atoms. The van der Waals surface area contributed by atoms with Gasteiger partial charge in [-0.25, -0.2) is 8.78 Å². The third-order valence-corrected chi connectivity index (χ3v) is 4.72. The van der Waals surface area contributed by atoms with E-state index in [0.717, 1.165) is 18.2 Å². The van der Waals surface area contributed by atoms with Crippen LogP contribution in [0.1, 0.15) is 29.6 Å². The summed E-state index contributed by atoms with van der Waals surface area (Å²) in [5.41, 5.74) is -0.268. The number of amides is 1. The van der Waals surface area contributed by atoms with E-state index in [1.165, 1.54) is 4.90 Å². The predicted molar refractivity (Wildman–Crippen MR) is 78.9 cm³/mol. The van der Waals surface area contributed by atoms with Gasteiger partial charge in [0.2, 0.25) is 11.9 Å². The third-order valence-electron chi connectivity index (χ3n) is 4.72. The number of likely N-dealkylation sites (tertiary alicyclic amines) is 1. The van der Waals surface area contributed by atoms with Crippen molar-refractivity contribution < 1.29 is 23.3 Å². The van der Waals surface area contributed by atoms with Gasteiger partial charge in [0.25, 0.3) is 0 Å². The molecule has 1 saturated heterocycles. The van der Waals surface area contributed by atoms with Gasteiger partial charge in [-0.1, -0.05) is 0 Å². The van der Waals surface area contributed by atoms with Gasteiger partial charge < -0.3 is 4.90 Å². The largest absolute Gasteiger partial charge is 0.342 e. The fraction of sp³-hybridized carbons (Fsp3) is 0.500. The quantitative estimate of drug-likeness (QED) is 0.478. The molecule has 0 aromatic heterocycles. The summed E-state index contributed by atoms with van der Waals surface area (Å²) in [5, 5.41) is 10.6. The molecule has 0 unspecified atom stereocenters. The summed E-state index contributed by atoms with van der Waals surface area (Å²) in [5.74, 6) is -3.18. The van der Waals surface area contributed by atoms with Gasteiger partial charge >= 0.3 is 0 Å². The van der Waals surface area contributed by atoms with Crippen LogP contribution in [0.4, 0.5) is 8.78 Å². The number of hydrogen-bond acceptors (Lipinski definition) is 4. The number of carbonyl (C=O) groups excluding carboxylic acids is 2. The number of nitrogens with zero attached hydrogens (tertiary/aromatic N) is 2. The molecule has 0 N–H and O–H groups in total. The number of carbonyl (C=O) groups is 2. The fourth-order valence-electron chi connectivity index (χ4n) is 3.18. The van der Waals surface area contributed by atoms with E-state index in [9.17, 15) is 28.5 Å². The number of rotatable bonds is 4. The summed E-state index contributed by atoms with van der Waals surface area (Å²) in [6.45, 7) is 0.597. The molecule has 2 aliphatic rings. The van der Waals surface area contributed by atoms with Crippen molar-refractivity contribution in [3.05, 3.63) is 45.5 Å². The van der Waals surface area contributed by atoms with Crippen LogP contribution in [0.2, 0.25) is 0 Å². The molecular formula is C16H16F2N2O4. The normalized spacial score (nSPS) is 23.8. The molecule has 1 aromatic rings. The molecule has 1 aliphatic heterocycles. The molecule has 1 aliphatic carbocycles. The van der Waals surface area contributed by atoms with E-state index in [4.69, 9.17) is 0 Å². The maximum Gasteiger partial charge on any atom is 0.232 e. The summed E-state index contributed by atoms with van der Waals surface area (Å²) >= 11 is 0. The second kappa shape index (κ2) is 6.26. The smallest absolute Gasteiger partial charge is 0.232 e. The number of ketones is 1. The van der Waals surface area contributed by atoms with E-state index in [1.54, 1.807) is 0 Å². The summed E-state index contributed by atoms with van der Waals surface area (Å²) in [7, 11) is 0. The molecule has 2 fully saturated rings. The molecule has 3 rings (SSSR count). The molecule has 6 nitrogen and oxygen atoms in total. The van der Waals surface area contributed by atoms with Crippen molar-refractivity contribution in [3.63, 3.8) is 0 Å². The Morgan fingerprint density at radius 2 is 1.88 bits per heavy atom. The van der Waals surface area contributed by atoms with E-state index in [2.05, 4.69) is 0 Å². The van der Waals surface area contributed by atoms with Crippen LogP contribution < -0.4 is 0 Å². The lowest BCUT2D eigenvalue weighted by atomic mass is 9.88. The van der Waals surface area contributed by atoms with Crippen LogP contribution in [0.25, 0.3) is 0 Å². The Hall–Kier alpha value is -2.38. The highest BCUT2D eigenvalue weighted by molar-refractivity contribution is 5.98. The summed E-state index contributed by atoms with van der Waals surface area (Å²) in [6.07, 6.45) is 0.950. The molecule has 0 radical (unpaired) electrons. The monoisotopic (exact) mass is 338 g/mol. The van der Waals surface area contributed by atoms with Crippen molar-refractivity contribution in [1.82, 2.24) is 4.90 Å². The second-order valence-electron chi connectivity index (χ2n) is 6.28. The molecule has 1 heterocycles. The van der Waals surface area contributed by atoms with Crippen LogP contribution in [0.15, 0.2) is 18.2 Å². The summed E-state index contributed by atoms with van der Waals surface area (Å²) in [4.78, 5) is 36.2. The molecule has 1 saturated carbocycles. The number of benzene rings is 1. The summed E-state index contributed by atoms with van der Waals surface area (Å²) < 4.78 is 26.9. The van der Waals surface area contributed by atoms with Crippen molar-refractivity contribution in [2.75, 3.05) is 13.1 Å². The van der Waals surface area contributed by atoms with Gasteiger partial charge in [-0.3, -0.25) is 19.7 Å². The average molecular weight is 338 g/mol. The number of halogens is 2. The Kier molecular flexibility index (Phi) is 4.29. The highest BCUT2D eigenvalue weighted by atomic mass is 19.1.